The Morgan fingerprint density at radius 1 is 1.04 bits per heavy atom. The number of amides is 1. The highest BCUT2D eigenvalue weighted by molar-refractivity contribution is 8.01. The number of benzene rings is 2. The van der Waals surface area contributed by atoms with E-state index in [0.29, 0.717) is 22.3 Å². The third kappa shape index (κ3) is 5.35. The van der Waals surface area contributed by atoms with Crippen LogP contribution in [0.15, 0.2) is 52.9 Å². The van der Waals surface area contributed by atoms with Gasteiger partial charge in [-0.3, -0.25) is 4.79 Å². The highest BCUT2D eigenvalue weighted by Gasteiger charge is 2.10. The van der Waals surface area contributed by atoms with Gasteiger partial charge in [-0.1, -0.05) is 41.3 Å². The van der Waals surface area contributed by atoms with Crippen LogP contribution in [0.1, 0.15) is 0 Å². The fourth-order valence-corrected chi connectivity index (χ4v) is 3.77. The Morgan fingerprint density at radius 3 is 2.56 bits per heavy atom. The van der Waals surface area contributed by atoms with Gasteiger partial charge in [0.15, 0.2) is 15.8 Å². The first-order valence-corrected chi connectivity index (χ1v) is 9.78. The van der Waals surface area contributed by atoms with Crippen LogP contribution in [-0.2, 0) is 4.79 Å². The number of hydrogen-bond acceptors (Lipinski definition) is 8. The van der Waals surface area contributed by atoms with Crippen LogP contribution in [0.25, 0.3) is 0 Å². The number of nitrogens with zero attached hydrogens (tertiary/aromatic N) is 2. The van der Waals surface area contributed by atoms with Gasteiger partial charge in [0.2, 0.25) is 11.0 Å². The van der Waals surface area contributed by atoms with E-state index in [1.807, 2.05) is 30.3 Å². The number of anilines is 3. The lowest BCUT2D eigenvalue weighted by atomic mass is 10.2. The largest absolute Gasteiger partial charge is 0.493 e. The van der Waals surface area contributed by atoms with E-state index in [2.05, 4.69) is 20.8 Å². The first kappa shape index (κ1) is 19.0. The smallest absolute Gasteiger partial charge is 0.234 e. The third-order valence-electron chi connectivity index (χ3n) is 3.43. The van der Waals surface area contributed by atoms with Crippen molar-refractivity contribution in [1.82, 2.24) is 10.2 Å². The zero-order chi connectivity index (χ0) is 19.1. The molecule has 0 aliphatic heterocycles. The van der Waals surface area contributed by atoms with Crippen LogP contribution in [0.4, 0.5) is 16.5 Å². The van der Waals surface area contributed by atoms with E-state index in [9.17, 15) is 4.79 Å². The Morgan fingerprint density at radius 2 is 1.81 bits per heavy atom. The molecule has 1 amide bonds. The zero-order valence-electron chi connectivity index (χ0n) is 14.8. The number of thioether (sulfide) groups is 1. The number of nitrogens with one attached hydrogen (secondary N) is 2. The lowest BCUT2D eigenvalue weighted by molar-refractivity contribution is -0.113. The Hall–Kier alpha value is -2.78. The second-order valence-electron chi connectivity index (χ2n) is 5.27. The summed E-state index contributed by atoms with van der Waals surface area (Å²) in [5.41, 5.74) is 1.58. The first-order chi connectivity index (χ1) is 13.2. The van der Waals surface area contributed by atoms with Crippen molar-refractivity contribution in [1.29, 1.82) is 0 Å². The maximum absolute atomic E-state index is 12.2. The van der Waals surface area contributed by atoms with Gasteiger partial charge in [0.05, 0.1) is 20.0 Å². The van der Waals surface area contributed by atoms with Gasteiger partial charge in [0, 0.05) is 17.4 Å². The Bertz CT molecular complexity index is 903. The minimum absolute atomic E-state index is 0.139. The van der Waals surface area contributed by atoms with Crippen LogP contribution in [0, 0.1) is 0 Å². The molecule has 140 valence electrons. The summed E-state index contributed by atoms with van der Waals surface area (Å²) in [6, 6.07) is 15.0. The molecule has 0 aliphatic carbocycles. The molecule has 3 aromatic rings. The minimum Gasteiger partial charge on any atom is -0.493 e. The molecule has 0 radical (unpaired) electrons. The SMILES string of the molecule is COc1ccc(NC(=O)CSc2nnc(Nc3ccccc3)s2)cc1OC. The molecule has 0 fully saturated rings. The van der Waals surface area contributed by atoms with Crippen LogP contribution in [-0.4, -0.2) is 36.1 Å². The number of carbonyl (C=O) groups excluding carboxylic acids is 1. The van der Waals surface area contributed by atoms with Gasteiger partial charge in [0.1, 0.15) is 0 Å². The Balaban J connectivity index is 1.52. The molecule has 7 nitrogen and oxygen atoms in total. The number of methoxy groups -OCH3 is 2. The lowest BCUT2D eigenvalue weighted by Gasteiger charge is -2.10. The van der Waals surface area contributed by atoms with E-state index in [1.54, 1.807) is 32.4 Å². The second kappa shape index (κ2) is 9.24. The van der Waals surface area contributed by atoms with E-state index < -0.39 is 0 Å². The van der Waals surface area contributed by atoms with Crippen molar-refractivity contribution in [2.24, 2.45) is 0 Å². The van der Waals surface area contributed by atoms with Crippen LogP contribution in [0.5, 0.6) is 11.5 Å². The van der Waals surface area contributed by atoms with Gasteiger partial charge in [-0.05, 0) is 24.3 Å². The van der Waals surface area contributed by atoms with Crippen molar-refractivity contribution in [2.75, 3.05) is 30.6 Å². The van der Waals surface area contributed by atoms with Gasteiger partial charge in [-0.15, -0.1) is 10.2 Å². The molecule has 0 atom stereocenters. The van der Waals surface area contributed by atoms with E-state index in [-0.39, 0.29) is 11.7 Å². The summed E-state index contributed by atoms with van der Waals surface area (Å²) in [4.78, 5) is 12.2. The summed E-state index contributed by atoms with van der Waals surface area (Å²) >= 11 is 2.73. The van der Waals surface area contributed by atoms with Gasteiger partial charge in [-0.2, -0.15) is 0 Å². The van der Waals surface area contributed by atoms with E-state index in [0.717, 1.165) is 10.0 Å². The molecule has 0 aliphatic rings. The van der Waals surface area contributed by atoms with Gasteiger partial charge >= 0.3 is 0 Å². The number of hydrogen-bond donors (Lipinski definition) is 2. The molecule has 0 saturated heterocycles. The fourth-order valence-electron chi connectivity index (χ4n) is 2.20. The van der Waals surface area contributed by atoms with Crippen LogP contribution in [0.3, 0.4) is 0 Å². The fraction of sp³-hybridized carbons (Fsp3) is 0.167. The average Bonchev–Trinajstić information content (AvgIpc) is 3.14. The monoisotopic (exact) mass is 402 g/mol. The zero-order valence-corrected chi connectivity index (χ0v) is 16.4. The summed E-state index contributed by atoms with van der Waals surface area (Å²) in [6.45, 7) is 0. The molecule has 2 aromatic carbocycles. The molecule has 0 unspecified atom stereocenters. The van der Waals surface area contributed by atoms with E-state index in [1.165, 1.54) is 23.1 Å². The maximum Gasteiger partial charge on any atom is 0.234 e. The minimum atomic E-state index is -0.139. The summed E-state index contributed by atoms with van der Waals surface area (Å²) in [5.74, 6) is 1.26. The van der Waals surface area contributed by atoms with E-state index >= 15 is 0 Å². The molecule has 0 bridgehead atoms. The third-order valence-corrected chi connectivity index (χ3v) is 5.40. The average molecular weight is 403 g/mol. The summed E-state index contributed by atoms with van der Waals surface area (Å²) < 4.78 is 11.1. The predicted octanol–water partition coefficient (Wildman–Crippen LogP) is 4.03. The highest BCUT2D eigenvalue weighted by Crippen LogP contribution is 2.30. The topological polar surface area (TPSA) is 85.4 Å². The molecule has 3 rings (SSSR count). The summed E-state index contributed by atoms with van der Waals surface area (Å²) in [5, 5.41) is 14.9. The van der Waals surface area contributed by atoms with Crippen molar-refractivity contribution in [3.05, 3.63) is 48.5 Å². The standard InChI is InChI=1S/C18H18N4O3S2/c1-24-14-9-8-13(10-15(14)25-2)19-16(23)11-26-18-22-21-17(27-18)20-12-6-4-3-5-7-12/h3-10H,11H2,1-2H3,(H,19,23)(H,20,21). The number of carbonyl (C=O) groups is 1. The van der Waals surface area contributed by atoms with Gasteiger partial charge < -0.3 is 20.1 Å². The number of aromatic nitrogens is 2. The molecule has 0 saturated carbocycles. The molecule has 27 heavy (non-hydrogen) atoms. The maximum atomic E-state index is 12.2. The van der Waals surface area contributed by atoms with Crippen molar-refractivity contribution < 1.29 is 14.3 Å². The molecule has 1 heterocycles. The highest BCUT2D eigenvalue weighted by atomic mass is 32.2. The molecule has 0 spiro atoms. The molecular formula is C18H18N4O3S2. The molecule has 2 N–H and O–H groups in total. The van der Waals surface area contributed by atoms with Crippen molar-refractivity contribution in [2.45, 2.75) is 4.34 Å². The second-order valence-corrected chi connectivity index (χ2v) is 7.47. The van der Waals surface area contributed by atoms with E-state index in [4.69, 9.17) is 9.47 Å². The molecular weight excluding hydrogens is 384 g/mol. The molecule has 9 heteroatoms. The predicted molar refractivity (Wildman–Crippen MR) is 109 cm³/mol. The normalized spacial score (nSPS) is 10.3. The lowest BCUT2D eigenvalue weighted by Crippen LogP contribution is -2.14. The van der Waals surface area contributed by atoms with Crippen LogP contribution >= 0.6 is 23.1 Å². The number of rotatable bonds is 8. The van der Waals surface area contributed by atoms with Crippen LogP contribution in [0.2, 0.25) is 0 Å². The molecule has 1 aromatic heterocycles. The Labute approximate surface area is 165 Å². The van der Waals surface area contributed by atoms with Crippen LogP contribution < -0.4 is 20.1 Å². The number of para-hydroxylation sites is 1. The van der Waals surface area contributed by atoms with Crippen molar-refractivity contribution in [3.63, 3.8) is 0 Å². The summed E-state index contributed by atoms with van der Waals surface area (Å²) in [6.07, 6.45) is 0. The Kier molecular flexibility index (Phi) is 6.50. The van der Waals surface area contributed by atoms with Crippen molar-refractivity contribution in [3.8, 4) is 11.5 Å². The first-order valence-electron chi connectivity index (χ1n) is 7.98. The number of ether oxygens (including phenoxy) is 2. The van der Waals surface area contributed by atoms with Gasteiger partial charge in [0.25, 0.3) is 0 Å². The van der Waals surface area contributed by atoms with Gasteiger partial charge in [-0.25, -0.2) is 0 Å². The quantitative estimate of drug-likeness (QED) is 0.550. The van der Waals surface area contributed by atoms with Crippen molar-refractivity contribution >= 4 is 45.5 Å². The summed E-state index contributed by atoms with van der Waals surface area (Å²) in [7, 11) is 3.12.